The number of amides is 1. The van der Waals surface area contributed by atoms with Crippen molar-refractivity contribution in [2.75, 3.05) is 34.4 Å². The Labute approximate surface area is 113 Å². The van der Waals surface area contributed by atoms with Crippen LogP contribution in [0.3, 0.4) is 0 Å². The minimum absolute atomic E-state index is 0.0570. The Morgan fingerprint density at radius 2 is 2.11 bits per heavy atom. The number of carbonyl (C=O) groups is 1. The quantitative estimate of drug-likeness (QED) is 0.784. The van der Waals surface area contributed by atoms with E-state index in [0.29, 0.717) is 18.0 Å². The molecule has 1 amide bonds. The molecule has 0 aliphatic carbocycles. The van der Waals surface area contributed by atoms with Crippen LogP contribution in [0.5, 0.6) is 11.5 Å². The smallest absolute Gasteiger partial charge is 0.246 e. The summed E-state index contributed by atoms with van der Waals surface area (Å²) in [5.74, 6) is 1.17. The molecule has 0 unspecified atom stereocenters. The molecule has 0 atom stereocenters. The van der Waals surface area contributed by atoms with Gasteiger partial charge in [0.25, 0.3) is 0 Å². The molecule has 1 N–H and O–H groups in total. The lowest BCUT2D eigenvalue weighted by Crippen LogP contribution is -2.27. The zero-order valence-electron chi connectivity index (χ0n) is 11.4. The molecular formula is C14H19NO4. The van der Waals surface area contributed by atoms with Crippen molar-refractivity contribution >= 4 is 12.0 Å². The number of ether oxygens (including phenoxy) is 2. The first-order valence-corrected chi connectivity index (χ1v) is 5.88. The lowest BCUT2D eigenvalue weighted by molar-refractivity contribution is -0.125. The van der Waals surface area contributed by atoms with Crippen LogP contribution in [0.15, 0.2) is 24.3 Å². The summed E-state index contributed by atoms with van der Waals surface area (Å²) in [6.07, 6.45) is 3.10. The molecule has 1 aromatic rings. The number of hydrogen-bond acceptors (Lipinski definition) is 4. The standard InChI is InChI=1S/C14H19NO4/c1-15(8-9-16)14(17)7-4-11-10-12(18-2)5-6-13(11)19-3/h4-7,10,16H,8-9H2,1-3H3/b7-4+. The number of carbonyl (C=O) groups excluding carboxylic acids is 1. The highest BCUT2D eigenvalue weighted by Gasteiger charge is 2.05. The number of rotatable bonds is 6. The summed E-state index contributed by atoms with van der Waals surface area (Å²) in [7, 11) is 4.78. The number of hydrogen-bond donors (Lipinski definition) is 1. The molecule has 19 heavy (non-hydrogen) atoms. The Bertz CT molecular complexity index is 457. The Morgan fingerprint density at radius 1 is 1.37 bits per heavy atom. The van der Waals surface area contributed by atoms with Crippen molar-refractivity contribution in [2.45, 2.75) is 0 Å². The first-order chi connectivity index (χ1) is 9.12. The van der Waals surface area contributed by atoms with Crippen molar-refractivity contribution in [1.82, 2.24) is 4.90 Å². The molecule has 0 aliphatic rings. The molecule has 104 valence electrons. The number of likely N-dealkylation sites (N-methyl/N-ethyl adjacent to an activating group) is 1. The van der Waals surface area contributed by atoms with Gasteiger partial charge in [0, 0.05) is 25.2 Å². The van der Waals surface area contributed by atoms with E-state index in [-0.39, 0.29) is 12.5 Å². The lowest BCUT2D eigenvalue weighted by Gasteiger charge is -2.13. The molecule has 5 heteroatoms. The predicted octanol–water partition coefficient (Wildman–Crippen LogP) is 1.17. The predicted molar refractivity (Wildman–Crippen MR) is 73.3 cm³/mol. The van der Waals surface area contributed by atoms with Crippen LogP contribution in [0.4, 0.5) is 0 Å². The van der Waals surface area contributed by atoms with Gasteiger partial charge in [-0.05, 0) is 24.3 Å². The van der Waals surface area contributed by atoms with Crippen LogP contribution in [-0.2, 0) is 4.79 Å². The minimum Gasteiger partial charge on any atom is -0.497 e. The van der Waals surface area contributed by atoms with Crippen LogP contribution in [0, 0.1) is 0 Å². The van der Waals surface area contributed by atoms with E-state index in [9.17, 15) is 4.79 Å². The van der Waals surface area contributed by atoms with Crippen LogP contribution >= 0.6 is 0 Å². The van der Waals surface area contributed by atoms with Crippen LogP contribution in [-0.4, -0.2) is 50.3 Å². The topological polar surface area (TPSA) is 59.0 Å². The van der Waals surface area contributed by atoms with Gasteiger partial charge in [-0.2, -0.15) is 0 Å². The Morgan fingerprint density at radius 3 is 2.68 bits per heavy atom. The Balaban J connectivity index is 2.88. The Hall–Kier alpha value is -2.01. The molecule has 0 spiro atoms. The normalized spacial score (nSPS) is 10.5. The molecule has 0 bridgehead atoms. The van der Waals surface area contributed by atoms with Crippen LogP contribution in [0.25, 0.3) is 6.08 Å². The number of aliphatic hydroxyl groups is 1. The number of benzene rings is 1. The van der Waals surface area contributed by atoms with Gasteiger partial charge in [0.05, 0.1) is 20.8 Å². The molecule has 0 aromatic heterocycles. The number of nitrogens with zero attached hydrogens (tertiary/aromatic N) is 1. The zero-order chi connectivity index (χ0) is 14.3. The van der Waals surface area contributed by atoms with Crippen LogP contribution < -0.4 is 9.47 Å². The summed E-state index contributed by atoms with van der Waals surface area (Å²) in [6, 6.07) is 5.35. The zero-order valence-corrected chi connectivity index (χ0v) is 11.4. The summed E-state index contributed by atoms with van der Waals surface area (Å²) in [5, 5.41) is 8.77. The second kappa shape index (κ2) is 7.43. The summed E-state index contributed by atoms with van der Waals surface area (Å²) < 4.78 is 10.3. The monoisotopic (exact) mass is 265 g/mol. The first-order valence-electron chi connectivity index (χ1n) is 5.88. The second-order valence-electron chi connectivity index (χ2n) is 3.92. The highest BCUT2D eigenvalue weighted by atomic mass is 16.5. The maximum atomic E-state index is 11.7. The Kier molecular flexibility index (Phi) is 5.89. The van der Waals surface area contributed by atoms with Gasteiger partial charge in [-0.1, -0.05) is 0 Å². The van der Waals surface area contributed by atoms with Crippen LogP contribution in [0.2, 0.25) is 0 Å². The SMILES string of the molecule is COc1ccc(OC)c(/C=C/C(=O)N(C)CCO)c1. The summed E-state index contributed by atoms with van der Waals surface area (Å²) >= 11 is 0. The van der Waals surface area contributed by atoms with E-state index in [2.05, 4.69) is 0 Å². The molecule has 5 nitrogen and oxygen atoms in total. The maximum Gasteiger partial charge on any atom is 0.246 e. The fourth-order valence-electron chi connectivity index (χ4n) is 1.52. The highest BCUT2D eigenvalue weighted by Crippen LogP contribution is 2.25. The molecule has 1 aromatic carbocycles. The van der Waals surface area contributed by atoms with Gasteiger partial charge in [0.15, 0.2) is 0 Å². The van der Waals surface area contributed by atoms with E-state index in [1.54, 1.807) is 45.5 Å². The van der Waals surface area contributed by atoms with Crippen molar-refractivity contribution < 1.29 is 19.4 Å². The average molecular weight is 265 g/mol. The third-order valence-electron chi connectivity index (χ3n) is 2.65. The fourth-order valence-corrected chi connectivity index (χ4v) is 1.52. The average Bonchev–Trinajstić information content (AvgIpc) is 2.44. The second-order valence-corrected chi connectivity index (χ2v) is 3.92. The van der Waals surface area contributed by atoms with E-state index < -0.39 is 0 Å². The van der Waals surface area contributed by atoms with Gasteiger partial charge in [0.1, 0.15) is 11.5 Å². The highest BCUT2D eigenvalue weighted by molar-refractivity contribution is 5.92. The van der Waals surface area contributed by atoms with Crippen molar-refractivity contribution in [2.24, 2.45) is 0 Å². The third kappa shape index (κ3) is 4.30. The third-order valence-corrected chi connectivity index (χ3v) is 2.65. The van der Waals surface area contributed by atoms with Gasteiger partial charge in [-0.25, -0.2) is 0 Å². The van der Waals surface area contributed by atoms with E-state index in [1.807, 2.05) is 0 Å². The number of methoxy groups -OCH3 is 2. The minimum atomic E-state index is -0.182. The maximum absolute atomic E-state index is 11.7. The molecular weight excluding hydrogens is 246 g/mol. The van der Waals surface area contributed by atoms with Gasteiger partial charge < -0.3 is 19.5 Å². The van der Waals surface area contributed by atoms with Crippen molar-refractivity contribution in [3.8, 4) is 11.5 Å². The molecule has 0 aliphatic heterocycles. The molecule has 0 fully saturated rings. The van der Waals surface area contributed by atoms with Gasteiger partial charge in [0.2, 0.25) is 5.91 Å². The van der Waals surface area contributed by atoms with Crippen molar-refractivity contribution in [3.63, 3.8) is 0 Å². The van der Waals surface area contributed by atoms with Gasteiger partial charge >= 0.3 is 0 Å². The summed E-state index contributed by atoms with van der Waals surface area (Å²) in [5.41, 5.74) is 0.757. The van der Waals surface area contributed by atoms with Gasteiger partial charge in [-0.15, -0.1) is 0 Å². The van der Waals surface area contributed by atoms with Crippen molar-refractivity contribution in [3.05, 3.63) is 29.8 Å². The largest absolute Gasteiger partial charge is 0.497 e. The van der Waals surface area contributed by atoms with E-state index in [1.165, 1.54) is 11.0 Å². The lowest BCUT2D eigenvalue weighted by atomic mass is 10.1. The fraction of sp³-hybridized carbons (Fsp3) is 0.357. The van der Waals surface area contributed by atoms with E-state index >= 15 is 0 Å². The number of aliphatic hydroxyl groups excluding tert-OH is 1. The molecule has 0 saturated heterocycles. The first kappa shape index (κ1) is 15.0. The molecule has 1 rings (SSSR count). The molecule has 0 radical (unpaired) electrons. The van der Waals surface area contributed by atoms with Gasteiger partial charge in [-0.3, -0.25) is 4.79 Å². The van der Waals surface area contributed by atoms with E-state index in [4.69, 9.17) is 14.6 Å². The van der Waals surface area contributed by atoms with E-state index in [0.717, 1.165) is 5.56 Å². The van der Waals surface area contributed by atoms with Crippen molar-refractivity contribution in [1.29, 1.82) is 0 Å². The summed E-state index contributed by atoms with van der Waals surface area (Å²) in [4.78, 5) is 13.2. The summed E-state index contributed by atoms with van der Waals surface area (Å²) in [6.45, 7) is 0.247. The molecule has 0 saturated carbocycles. The van der Waals surface area contributed by atoms with Crippen LogP contribution in [0.1, 0.15) is 5.56 Å². The molecule has 0 heterocycles.